The number of nitrogens with one attached hydrogen (secondary N) is 1. The molecule has 4 rings (SSSR count). The van der Waals surface area contributed by atoms with Crippen LogP contribution in [0.4, 0.5) is 15.9 Å². The number of sulfone groups is 1. The van der Waals surface area contributed by atoms with Gasteiger partial charge >= 0.3 is 0 Å². The highest BCUT2D eigenvalue weighted by Gasteiger charge is 2.26. The van der Waals surface area contributed by atoms with Gasteiger partial charge in [-0.3, -0.25) is 0 Å². The molecule has 0 bridgehead atoms. The first-order valence-electron chi connectivity index (χ1n) is 8.93. The number of fused-ring (bicyclic) bond motifs is 2. The predicted octanol–water partition coefficient (Wildman–Crippen LogP) is 3.88. The molecule has 1 aliphatic heterocycles. The monoisotopic (exact) mass is 397 g/mol. The van der Waals surface area contributed by atoms with Crippen LogP contribution in [-0.2, 0) is 16.4 Å². The maximum Gasteiger partial charge on any atom is 0.180 e. The molecule has 0 saturated carbocycles. The maximum atomic E-state index is 14.7. The number of hydrogen-bond acceptors (Lipinski definition) is 5. The van der Waals surface area contributed by atoms with Crippen LogP contribution in [-0.4, -0.2) is 25.7 Å². The number of benzene rings is 2. The lowest BCUT2D eigenvalue weighted by Gasteiger charge is -2.23. The molecule has 0 saturated heterocycles. The summed E-state index contributed by atoms with van der Waals surface area (Å²) in [4.78, 5) is 6.90. The minimum Gasteiger partial charge on any atom is -0.380 e. The molecule has 7 heteroatoms. The highest BCUT2D eigenvalue weighted by Crippen LogP contribution is 2.33. The van der Waals surface area contributed by atoms with E-state index in [0.29, 0.717) is 46.0 Å². The second kappa shape index (κ2) is 7.05. The Balaban J connectivity index is 1.85. The maximum absolute atomic E-state index is 14.7. The molecule has 2 heterocycles. The van der Waals surface area contributed by atoms with Gasteiger partial charge in [0.15, 0.2) is 9.84 Å². The number of nitrogens with zero attached hydrogens (tertiary/aromatic N) is 2. The lowest BCUT2D eigenvalue weighted by molar-refractivity contribution is 0.596. The third kappa shape index (κ3) is 3.20. The van der Waals surface area contributed by atoms with Crippen molar-refractivity contribution < 1.29 is 12.8 Å². The molecule has 1 aromatic heterocycles. The van der Waals surface area contributed by atoms with E-state index in [0.717, 1.165) is 5.56 Å². The van der Waals surface area contributed by atoms with Crippen LogP contribution in [0.1, 0.15) is 11.1 Å². The lowest BCUT2D eigenvalue weighted by Crippen LogP contribution is -2.26. The summed E-state index contributed by atoms with van der Waals surface area (Å²) in [7, 11) is -3.36. The van der Waals surface area contributed by atoms with Gasteiger partial charge in [-0.1, -0.05) is 24.3 Å². The first-order valence-corrected chi connectivity index (χ1v) is 10.6. The molecule has 0 amide bonds. The van der Waals surface area contributed by atoms with Crippen molar-refractivity contribution in [3.63, 3.8) is 0 Å². The normalized spacial score (nSPS) is 15.9. The van der Waals surface area contributed by atoms with E-state index in [-0.39, 0.29) is 11.6 Å². The van der Waals surface area contributed by atoms with Crippen molar-refractivity contribution in [2.75, 3.05) is 22.5 Å². The second-order valence-corrected chi connectivity index (χ2v) is 8.89. The van der Waals surface area contributed by atoms with E-state index in [4.69, 9.17) is 0 Å². The second-order valence-electron chi connectivity index (χ2n) is 6.82. The minimum atomic E-state index is -3.36. The molecule has 5 nitrogen and oxygen atoms in total. The van der Waals surface area contributed by atoms with Gasteiger partial charge in [0.2, 0.25) is 0 Å². The van der Waals surface area contributed by atoms with Gasteiger partial charge in [0.05, 0.1) is 27.2 Å². The molecule has 0 fully saturated rings. The molecular weight excluding hydrogens is 377 g/mol. The first kappa shape index (κ1) is 18.7. The van der Waals surface area contributed by atoms with Gasteiger partial charge in [-0.25, -0.2) is 17.8 Å². The van der Waals surface area contributed by atoms with E-state index in [1.807, 2.05) is 17.0 Å². The highest BCUT2D eigenvalue weighted by atomic mass is 32.2. The van der Waals surface area contributed by atoms with Crippen LogP contribution >= 0.6 is 0 Å². The van der Waals surface area contributed by atoms with Crippen LogP contribution in [0.15, 0.2) is 47.4 Å². The molecule has 0 aliphatic carbocycles. The summed E-state index contributed by atoms with van der Waals surface area (Å²) in [6.07, 6.45) is 0. The zero-order valence-electron chi connectivity index (χ0n) is 15.4. The average molecular weight is 397 g/mol. The number of rotatable bonds is 3. The van der Waals surface area contributed by atoms with Gasteiger partial charge in [-0.15, -0.1) is 0 Å². The SMILES string of the molecule is [CH2][CH]Nc1cc(N2CCS(=O)(=O)c3ccccc3C2)nc2ccc(C)c(F)c12. The summed E-state index contributed by atoms with van der Waals surface area (Å²) in [5, 5.41) is 3.38. The van der Waals surface area contributed by atoms with E-state index in [9.17, 15) is 12.8 Å². The predicted molar refractivity (Wildman–Crippen MR) is 109 cm³/mol. The van der Waals surface area contributed by atoms with E-state index >= 15 is 0 Å². The fourth-order valence-corrected chi connectivity index (χ4v) is 5.02. The van der Waals surface area contributed by atoms with Crippen LogP contribution in [0.3, 0.4) is 0 Å². The highest BCUT2D eigenvalue weighted by molar-refractivity contribution is 7.91. The van der Waals surface area contributed by atoms with Crippen LogP contribution in [0, 0.1) is 26.2 Å². The summed E-state index contributed by atoms with van der Waals surface area (Å²) in [5.41, 5.74) is 2.32. The summed E-state index contributed by atoms with van der Waals surface area (Å²) in [5.74, 6) is 0.257. The zero-order chi connectivity index (χ0) is 19.9. The molecule has 0 unspecified atom stereocenters. The van der Waals surface area contributed by atoms with Crippen molar-refractivity contribution in [2.45, 2.75) is 18.4 Å². The van der Waals surface area contributed by atoms with E-state index in [2.05, 4.69) is 17.2 Å². The summed E-state index contributed by atoms with van der Waals surface area (Å²) >= 11 is 0. The Labute approximate surface area is 164 Å². The fraction of sp³-hybridized carbons (Fsp3) is 0.190. The van der Waals surface area contributed by atoms with Crippen molar-refractivity contribution >= 4 is 32.2 Å². The Morgan fingerprint density at radius 1 is 1.25 bits per heavy atom. The summed E-state index contributed by atoms with van der Waals surface area (Å²) in [6.45, 7) is 7.58. The largest absolute Gasteiger partial charge is 0.380 e. The van der Waals surface area contributed by atoms with Crippen molar-refractivity contribution in [2.24, 2.45) is 0 Å². The molecule has 28 heavy (non-hydrogen) atoms. The molecule has 2 aromatic carbocycles. The van der Waals surface area contributed by atoms with Gasteiger partial charge in [-0.2, -0.15) is 0 Å². The average Bonchev–Trinajstić information content (AvgIpc) is 2.81. The fourth-order valence-electron chi connectivity index (χ4n) is 3.52. The van der Waals surface area contributed by atoms with E-state index in [1.165, 1.54) is 6.54 Å². The standard InChI is InChI=1S/C21H20FN3O2S/c1-3-23-17-12-19(24-16-9-8-14(2)21(22)20(16)17)25-10-11-28(26,27)18-7-5-4-6-15(18)13-25/h3-9,12H,1,10-11,13H2,2H3,(H,23,24). The number of pyridine rings is 1. The van der Waals surface area contributed by atoms with Gasteiger partial charge in [0, 0.05) is 25.7 Å². The smallest absolute Gasteiger partial charge is 0.180 e. The third-order valence-corrected chi connectivity index (χ3v) is 6.76. The molecule has 2 radical (unpaired) electrons. The molecule has 3 aromatic rings. The number of halogens is 1. The Kier molecular flexibility index (Phi) is 4.71. The molecule has 1 N–H and O–H groups in total. The first-order chi connectivity index (χ1) is 13.4. The molecule has 0 atom stereocenters. The molecule has 144 valence electrons. The number of hydrogen-bond donors (Lipinski definition) is 1. The summed E-state index contributed by atoms with van der Waals surface area (Å²) in [6, 6.07) is 12.2. The quantitative estimate of drug-likeness (QED) is 0.727. The lowest BCUT2D eigenvalue weighted by atomic mass is 10.1. The Bertz CT molecular complexity index is 1160. The Hall–Kier alpha value is -2.67. The Morgan fingerprint density at radius 3 is 2.82 bits per heavy atom. The molecule has 1 aliphatic rings. The van der Waals surface area contributed by atoms with Crippen molar-refractivity contribution in [1.82, 2.24) is 4.98 Å². The number of anilines is 2. The zero-order valence-corrected chi connectivity index (χ0v) is 16.3. The van der Waals surface area contributed by atoms with E-state index < -0.39 is 9.84 Å². The summed E-state index contributed by atoms with van der Waals surface area (Å²) < 4.78 is 39.9. The topological polar surface area (TPSA) is 62.3 Å². The van der Waals surface area contributed by atoms with Crippen LogP contribution < -0.4 is 10.2 Å². The Morgan fingerprint density at radius 2 is 2.04 bits per heavy atom. The van der Waals surface area contributed by atoms with Gasteiger partial charge in [-0.05, 0) is 37.1 Å². The third-order valence-electron chi connectivity index (χ3n) is 4.97. The molecule has 0 spiro atoms. The minimum absolute atomic E-state index is 0.00376. The van der Waals surface area contributed by atoms with Gasteiger partial charge < -0.3 is 10.2 Å². The van der Waals surface area contributed by atoms with Crippen molar-refractivity contribution in [1.29, 1.82) is 0 Å². The van der Waals surface area contributed by atoms with Crippen molar-refractivity contribution in [3.05, 3.63) is 72.9 Å². The molecular formula is C21H20FN3O2S. The number of aryl methyl sites for hydroxylation is 1. The van der Waals surface area contributed by atoms with Gasteiger partial charge in [0.1, 0.15) is 11.6 Å². The van der Waals surface area contributed by atoms with Crippen molar-refractivity contribution in [3.8, 4) is 0 Å². The van der Waals surface area contributed by atoms with Crippen LogP contribution in [0.25, 0.3) is 10.9 Å². The van der Waals surface area contributed by atoms with Crippen LogP contribution in [0.5, 0.6) is 0 Å². The number of aromatic nitrogens is 1. The van der Waals surface area contributed by atoms with Crippen LogP contribution in [0.2, 0.25) is 0 Å². The van der Waals surface area contributed by atoms with E-state index in [1.54, 1.807) is 37.3 Å². The van der Waals surface area contributed by atoms with Gasteiger partial charge in [0.25, 0.3) is 0 Å².